The Labute approximate surface area is 396 Å². The van der Waals surface area contributed by atoms with Crippen LogP contribution < -0.4 is 9.80 Å². The Morgan fingerprint density at radius 2 is 0.735 bits per heavy atom. The summed E-state index contributed by atoms with van der Waals surface area (Å²) in [5.74, 6) is 0. The van der Waals surface area contributed by atoms with Crippen molar-refractivity contribution in [3.05, 3.63) is 265 Å². The summed E-state index contributed by atoms with van der Waals surface area (Å²) in [6.45, 7) is 0. The average Bonchev–Trinajstić information content (AvgIpc) is 3.40. The monoisotopic (exact) mass is 866 g/mol. The summed E-state index contributed by atoms with van der Waals surface area (Å²) in [5, 5.41) is 12.3. The van der Waals surface area contributed by atoms with E-state index in [0.717, 1.165) is 47.0 Å². The molecule has 0 aliphatic heterocycles. The normalized spacial score (nSPS) is 12.4. The maximum atomic E-state index is 2.47. The molecule has 0 saturated carbocycles. The Bertz CT molecular complexity index is 3920. The molecule has 12 aromatic carbocycles. The van der Waals surface area contributed by atoms with Crippen molar-refractivity contribution in [1.29, 1.82) is 0 Å². The second-order valence-corrected chi connectivity index (χ2v) is 18.0. The van der Waals surface area contributed by atoms with Crippen molar-refractivity contribution in [2.24, 2.45) is 0 Å². The number of hydrogen-bond acceptors (Lipinski definition) is 2. The second-order valence-electron chi connectivity index (χ2n) is 18.0. The summed E-state index contributed by atoms with van der Waals surface area (Å²) >= 11 is 0. The highest BCUT2D eigenvalue weighted by atomic mass is 15.1. The molecule has 0 amide bonds. The summed E-state index contributed by atoms with van der Waals surface area (Å²) in [7, 11) is 0. The molecule has 0 N–H and O–H groups in total. The molecule has 0 unspecified atom stereocenters. The molecule has 2 heteroatoms. The van der Waals surface area contributed by atoms with Crippen LogP contribution in [-0.2, 0) is 6.42 Å². The van der Waals surface area contributed by atoms with Crippen LogP contribution in [0.25, 0.3) is 76.6 Å². The molecule has 0 radical (unpaired) electrons. The Kier molecular flexibility index (Phi) is 9.68. The van der Waals surface area contributed by atoms with E-state index in [1.165, 1.54) is 87.3 Å². The van der Waals surface area contributed by atoms with Crippen molar-refractivity contribution in [2.75, 3.05) is 9.80 Å². The van der Waals surface area contributed by atoms with Crippen LogP contribution in [0, 0.1) is 0 Å². The van der Waals surface area contributed by atoms with E-state index < -0.39 is 0 Å². The maximum Gasteiger partial charge on any atom is 0.0468 e. The van der Waals surface area contributed by atoms with Gasteiger partial charge < -0.3 is 9.80 Å². The molecule has 0 saturated heterocycles. The fourth-order valence-electron chi connectivity index (χ4n) is 10.9. The SMILES string of the molecule is C1=C(c2c3cc(N(c4ccccc4)c4ccc5ccccc5c4)ccc3c(-c3cccc4ccccc34)c3cc(N(c4ccccc4)c4ccc5ccccc5c4)ccc23)CCc2ccccc21. The first-order valence-electron chi connectivity index (χ1n) is 23.7. The second kappa shape index (κ2) is 16.6. The Hall–Kier alpha value is -8.72. The zero-order valence-corrected chi connectivity index (χ0v) is 37.6. The molecule has 1 aliphatic carbocycles. The van der Waals surface area contributed by atoms with E-state index in [-0.39, 0.29) is 0 Å². The van der Waals surface area contributed by atoms with Gasteiger partial charge in [0.05, 0.1) is 0 Å². The fraction of sp³-hybridized carbons (Fsp3) is 0.0303. The first kappa shape index (κ1) is 39.6. The molecule has 1 aliphatic rings. The summed E-state index contributed by atoms with van der Waals surface area (Å²) in [6.07, 6.45) is 4.40. The third-order valence-corrected chi connectivity index (χ3v) is 14.0. The molecule has 0 bridgehead atoms. The zero-order valence-electron chi connectivity index (χ0n) is 37.6. The summed E-state index contributed by atoms with van der Waals surface area (Å²) in [4.78, 5) is 4.84. The topological polar surface area (TPSA) is 6.48 Å². The van der Waals surface area contributed by atoms with Crippen LogP contribution in [0.4, 0.5) is 34.1 Å². The van der Waals surface area contributed by atoms with Crippen LogP contribution >= 0.6 is 0 Å². The predicted octanol–water partition coefficient (Wildman–Crippen LogP) is 18.5. The van der Waals surface area contributed by atoms with Gasteiger partial charge in [0.25, 0.3) is 0 Å². The number of nitrogens with zero attached hydrogens (tertiary/aromatic N) is 2. The van der Waals surface area contributed by atoms with Gasteiger partial charge in [0.15, 0.2) is 0 Å². The van der Waals surface area contributed by atoms with Crippen LogP contribution in [0.15, 0.2) is 249 Å². The minimum absolute atomic E-state index is 0.946. The van der Waals surface area contributed by atoms with Crippen molar-refractivity contribution in [1.82, 2.24) is 0 Å². The van der Waals surface area contributed by atoms with Crippen LogP contribution in [0.2, 0.25) is 0 Å². The summed E-state index contributed by atoms with van der Waals surface area (Å²) < 4.78 is 0. The largest absolute Gasteiger partial charge is 0.310 e. The highest BCUT2D eigenvalue weighted by Crippen LogP contribution is 2.50. The van der Waals surface area contributed by atoms with Crippen molar-refractivity contribution < 1.29 is 0 Å². The average molecular weight is 867 g/mol. The van der Waals surface area contributed by atoms with E-state index in [2.05, 4.69) is 265 Å². The number of para-hydroxylation sites is 2. The van der Waals surface area contributed by atoms with Gasteiger partial charge in [-0.2, -0.15) is 0 Å². The number of hydrogen-bond donors (Lipinski definition) is 0. The number of allylic oxidation sites excluding steroid dienone is 1. The highest BCUT2D eigenvalue weighted by molar-refractivity contribution is 6.23. The van der Waals surface area contributed by atoms with Gasteiger partial charge in [0.2, 0.25) is 0 Å². The third kappa shape index (κ3) is 6.89. The van der Waals surface area contributed by atoms with Crippen molar-refractivity contribution in [2.45, 2.75) is 12.8 Å². The number of benzene rings is 12. The van der Waals surface area contributed by atoms with Gasteiger partial charge in [-0.3, -0.25) is 0 Å². The Morgan fingerprint density at radius 1 is 0.265 bits per heavy atom. The molecule has 0 atom stereocenters. The molecule has 0 spiro atoms. The lowest BCUT2D eigenvalue weighted by molar-refractivity contribution is 1.00. The zero-order chi connectivity index (χ0) is 45.0. The van der Waals surface area contributed by atoms with E-state index in [0.29, 0.717) is 0 Å². The summed E-state index contributed by atoms with van der Waals surface area (Å²) in [6, 6.07) is 91.6. The molecule has 68 heavy (non-hydrogen) atoms. The van der Waals surface area contributed by atoms with E-state index in [4.69, 9.17) is 0 Å². The van der Waals surface area contributed by atoms with Gasteiger partial charge >= 0.3 is 0 Å². The maximum absolute atomic E-state index is 2.47. The van der Waals surface area contributed by atoms with Crippen LogP contribution in [-0.4, -0.2) is 0 Å². The molecule has 0 aromatic heterocycles. The lowest BCUT2D eigenvalue weighted by Gasteiger charge is -2.29. The highest BCUT2D eigenvalue weighted by Gasteiger charge is 2.25. The standard InChI is InChI=1S/C66H46N2/c1-3-24-53(25-4-1)67(55-34-32-46-17-8-11-21-50(46)41-55)57-37-39-62-63(43-57)65(52-31-30-45-16-7-10-20-49(45)40-52)61-38-36-58(44-64(61)66(62)60-29-15-23-48-19-13-14-28-59(48)60)68(54-26-5-2-6-27-54)56-35-33-47-18-9-12-22-51(47)42-56/h1-29,32-44H,30-31H2. The van der Waals surface area contributed by atoms with Gasteiger partial charge in [-0.1, -0.05) is 182 Å². The smallest absolute Gasteiger partial charge is 0.0468 e. The minimum Gasteiger partial charge on any atom is -0.310 e. The Balaban J connectivity index is 1.14. The molecule has 12 aromatic rings. The molecular formula is C66H46N2. The number of aryl methyl sites for hydroxylation is 1. The quantitative estimate of drug-likeness (QED) is 0.140. The molecule has 0 heterocycles. The molecule has 0 fully saturated rings. The lowest BCUT2D eigenvalue weighted by atomic mass is 9.81. The molecule has 320 valence electrons. The van der Waals surface area contributed by atoms with E-state index >= 15 is 0 Å². The number of rotatable bonds is 8. The molecular weight excluding hydrogens is 821 g/mol. The van der Waals surface area contributed by atoms with Gasteiger partial charge in [0, 0.05) is 34.1 Å². The third-order valence-electron chi connectivity index (χ3n) is 14.0. The van der Waals surface area contributed by atoms with Crippen molar-refractivity contribution in [3.63, 3.8) is 0 Å². The number of anilines is 6. The Morgan fingerprint density at radius 3 is 1.37 bits per heavy atom. The van der Waals surface area contributed by atoms with E-state index in [1.807, 2.05) is 0 Å². The minimum atomic E-state index is 0.946. The fourth-order valence-corrected chi connectivity index (χ4v) is 10.9. The van der Waals surface area contributed by atoms with Crippen molar-refractivity contribution in [3.8, 4) is 11.1 Å². The van der Waals surface area contributed by atoms with Crippen LogP contribution in [0.5, 0.6) is 0 Å². The van der Waals surface area contributed by atoms with E-state index in [9.17, 15) is 0 Å². The van der Waals surface area contributed by atoms with Gasteiger partial charge in [-0.25, -0.2) is 0 Å². The van der Waals surface area contributed by atoms with Gasteiger partial charge in [-0.05, 0) is 173 Å². The summed E-state index contributed by atoms with van der Waals surface area (Å²) in [5.41, 5.74) is 14.5. The van der Waals surface area contributed by atoms with Crippen molar-refractivity contribution >= 4 is 99.6 Å². The first-order chi connectivity index (χ1) is 33.7. The van der Waals surface area contributed by atoms with Gasteiger partial charge in [0.1, 0.15) is 0 Å². The van der Waals surface area contributed by atoms with Crippen LogP contribution in [0.3, 0.4) is 0 Å². The molecule has 2 nitrogen and oxygen atoms in total. The van der Waals surface area contributed by atoms with Crippen LogP contribution in [0.1, 0.15) is 23.1 Å². The van der Waals surface area contributed by atoms with Gasteiger partial charge in [-0.15, -0.1) is 0 Å². The first-order valence-corrected chi connectivity index (χ1v) is 23.7. The number of fused-ring (bicyclic) bond motifs is 6. The van der Waals surface area contributed by atoms with E-state index in [1.54, 1.807) is 0 Å². The lowest BCUT2D eigenvalue weighted by Crippen LogP contribution is -2.11. The molecule has 13 rings (SSSR count). The predicted molar refractivity (Wildman–Crippen MR) is 291 cm³/mol.